The molecular weight excluding hydrogens is 166 g/mol. The van der Waals surface area contributed by atoms with Gasteiger partial charge in [0.15, 0.2) is 17.9 Å². The van der Waals surface area contributed by atoms with E-state index >= 15 is 0 Å². The number of aldehydes is 1. The van der Waals surface area contributed by atoms with Crippen molar-refractivity contribution in [2.75, 3.05) is 18.0 Å². The number of rotatable bonds is 2. The van der Waals surface area contributed by atoms with E-state index in [9.17, 15) is 4.79 Å². The molecule has 0 unspecified atom stereocenters. The van der Waals surface area contributed by atoms with Gasteiger partial charge >= 0.3 is 0 Å². The van der Waals surface area contributed by atoms with Gasteiger partial charge in [-0.25, -0.2) is 0 Å². The second-order valence-corrected chi connectivity index (χ2v) is 4.31. The van der Waals surface area contributed by atoms with E-state index in [1.165, 1.54) is 0 Å². The summed E-state index contributed by atoms with van der Waals surface area (Å²) in [6.07, 6.45) is 0.731. The molecule has 0 N–H and O–H groups in total. The Labute approximate surface area is 77.3 Å². The van der Waals surface area contributed by atoms with Crippen molar-refractivity contribution in [3.05, 3.63) is 17.9 Å². The van der Waals surface area contributed by atoms with Crippen molar-refractivity contribution >= 4 is 12.2 Å². The third-order valence-electron chi connectivity index (χ3n) is 2.28. The fourth-order valence-corrected chi connectivity index (χ4v) is 1.72. The fraction of sp³-hybridized carbons (Fsp3) is 0.500. The summed E-state index contributed by atoms with van der Waals surface area (Å²) in [7, 11) is 0. The topological polar surface area (TPSA) is 33.5 Å². The lowest BCUT2D eigenvalue weighted by molar-refractivity contribution is 0.110. The van der Waals surface area contributed by atoms with Crippen molar-refractivity contribution in [1.82, 2.24) is 0 Å². The van der Waals surface area contributed by atoms with Crippen LogP contribution in [0, 0.1) is 5.41 Å². The Kier molecular flexibility index (Phi) is 1.68. The first-order valence-electron chi connectivity index (χ1n) is 4.41. The molecule has 13 heavy (non-hydrogen) atoms. The van der Waals surface area contributed by atoms with Crippen molar-refractivity contribution in [3.8, 4) is 0 Å². The molecule has 2 rings (SSSR count). The van der Waals surface area contributed by atoms with Crippen LogP contribution < -0.4 is 4.90 Å². The predicted octanol–water partition coefficient (Wildman–Crippen LogP) is 1.94. The predicted molar refractivity (Wildman–Crippen MR) is 50.1 cm³/mol. The molecule has 0 amide bonds. The highest BCUT2D eigenvalue weighted by molar-refractivity contribution is 5.71. The first-order valence-corrected chi connectivity index (χ1v) is 4.41. The highest BCUT2D eigenvalue weighted by Crippen LogP contribution is 2.33. The van der Waals surface area contributed by atoms with Crippen LogP contribution in [0.15, 0.2) is 16.5 Å². The lowest BCUT2D eigenvalue weighted by Gasteiger charge is -2.45. The molecule has 1 aromatic heterocycles. The second kappa shape index (κ2) is 2.62. The average molecular weight is 179 g/mol. The minimum atomic E-state index is 0.383. The molecule has 0 atom stereocenters. The maximum Gasteiger partial charge on any atom is 0.196 e. The Morgan fingerprint density at radius 2 is 2.15 bits per heavy atom. The number of furan rings is 1. The van der Waals surface area contributed by atoms with Crippen LogP contribution in [-0.2, 0) is 0 Å². The molecule has 1 fully saturated rings. The van der Waals surface area contributed by atoms with E-state index in [0.29, 0.717) is 11.2 Å². The van der Waals surface area contributed by atoms with Crippen LogP contribution in [0.4, 0.5) is 5.88 Å². The summed E-state index contributed by atoms with van der Waals surface area (Å²) in [5, 5.41) is 0. The van der Waals surface area contributed by atoms with Gasteiger partial charge in [0.05, 0.1) is 0 Å². The number of hydrogen-bond acceptors (Lipinski definition) is 3. The van der Waals surface area contributed by atoms with Gasteiger partial charge in [0.1, 0.15) is 0 Å². The quantitative estimate of drug-likeness (QED) is 0.650. The fourth-order valence-electron chi connectivity index (χ4n) is 1.72. The van der Waals surface area contributed by atoms with E-state index in [1.807, 2.05) is 6.07 Å². The largest absolute Gasteiger partial charge is 0.438 e. The first kappa shape index (κ1) is 8.35. The third kappa shape index (κ3) is 1.46. The molecule has 0 spiro atoms. The SMILES string of the molecule is CC1(C)CN(c2ccc(C=O)o2)C1. The molecule has 0 aliphatic carbocycles. The summed E-state index contributed by atoms with van der Waals surface area (Å²) in [5.41, 5.74) is 0.383. The van der Waals surface area contributed by atoms with Crippen LogP contribution in [0.5, 0.6) is 0 Å². The van der Waals surface area contributed by atoms with Gasteiger partial charge in [-0.05, 0) is 11.5 Å². The summed E-state index contributed by atoms with van der Waals surface area (Å²) < 4.78 is 5.29. The summed E-state index contributed by atoms with van der Waals surface area (Å²) in [6.45, 7) is 6.43. The van der Waals surface area contributed by atoms with Gasteiger partial charge in [-0.1, -0.05) is 13.8 Å². The molecule has 0 saturated carbocycles. The van der Waals surface area contributed by atoms with Gasteiger partial charge in [0.25, 0.3) is 0 Å². The Morgan fingerprint density at radius 3 is 2.62 bits per heavy atom. The Morgan fingerprint density at radius 1 is 1.46 bits per heavy atom. The highest BCUT2D eigenvalue weighted by Gasteiger charge is 2.35. The molecule has 0 bridgehead atoms. The zero-order valence-corrected chi connectivity index (χ0v) is 7.91. The maximum atomic E-state index is 10.4. The van der Waals surface area contributed by atoms with E-state index in [-0.39, 0.29) is 0 Å². The van der Waals surface area contributed by atoms with Gasteiger partial charge in [-0.3, -0.25) is 4.79 Å². The van der Waals surface area contributed by atoms with Crippen molar-refractivity contribution in [2.45, 2.75) is 13.8 Å². The van der Waals surface area contributed by atoms with Gasteiger partial charge in [0.2, 0.25) is 0 Å². The van der Waals surface area contributed by atoms with Gasteiger partial charge in [-0.15, -0.1) is 0 Å². The maximum absolute atomic E-state index is 10.4. The number of anilines is 1. The zero-order valence-electron chi connectivity index (χ0n) is 7.91. The smallest absolute Gasteiger partial charge is 0.196 e. The van der Waals surface area contributed by atoms with Crippen molar-refractivity contribution in [1.29, 1.82) is 0 Å². The molecule has 3 nitrogen and oxygen atoms in total. The Balaban J connectivity index is 2.07. The average Bonchev–Trinajstić information content (AvgIpc) is 2.47. The van der Waals surface area contributed by atoms with Crippen LogP contribution in [0.2, 0.25) is 0 Å². The van der Waals surface area contributed by atoms with Crippen LogP contribution in [0.1, 0.15) is 24.4 Å². The summed E-state index contributed by atoms with van der Waals surface area (Å²) in [5.74, 6) is 1.21. The van der Waals surface area contributed by atoms with Gasteiger partial charge in [-0.2, -0.15) is 0 Å². The van der Waals surface area contributed by atoms with E-state index in [2.05, 4.69) is 18.7 Å². The third-order valence-corrected chi connectivity index (χ3v) is 2.28. The molecule has 70 valence electrons. The molecule has 1 aliphatic heterocycles. The van der Waals surface area contributed by atoms with Crippen LogP contribution in [0.3, 0.4) is 0 Å². The number of carbonyl (C=O) groups excluding carboxylic acids is 1. The summed E-state index contributed by atoms with van der Waals surface area (Å²) in [6, 6.07) is 3.55. The summed E-state index contributed by atoms with van der Waals surface area (Å²) >= 11 is 0. The van der Waals surface area contributed by atoms with E-state index in [0.717, 1.165) is 25.3 Å². The molecule has 1 aliphatic rings. The van der Waals surface area contributed by atoms with Crippen LogP contribution in [-0.4, -0.2) is 19.4 Å². The minimum Gasteiger partial charge on any atom is -0.438 e. The Hall–Kier alpha value is -1.25. The molecule has 1 aromatic rings. The molecule has 0 radical (unpaired) electrons. The first-order chi connectivity index (χ1) is 6.11. The lowest BCUT2D eigenvalue weighted by Crippen LogP contribution is -2.52. The molecule has 0 aromatic carbocycles. The molecular formula is C10H13NO2. The monoisotopic (exact) mass is 179 g/mol. The normalized spacial score (nSPS) is 19.7. The zero-order chi connectivity index (χ0) is 9.47. The minimum absolute atomic E-state index is 0.383. The van der Waals surface area contributed by atoms with Gasteiger partial charge < -0.3 is 9.32 Å². The molecule has 1 saturated heterocycles. The molecule has 3 heteroatoms. The van der Waals surface area contributed by atoms with E-state index < -0.39 is 0 Å². The summed E-state index contributed by atoms with van der Waals surface area (Å²) in [4.78, 5) is 12.5. The number of hydrogen-bond donors (Lipinski definition) is 0. The van der Waals surface area contributed by atoms with E-state index in [1.54, 1.807) is 6.07 Å². The van der Waals surface area contributed by atoms with Crippen LogP contribution >= 0.6 is 0 Å². The van der Waals surface area contributed by atoms with Crippen molar-refractivity contribution in [2.24, 2.45) is 5.41 Å². The second-order valence-electron chi connectivity index (χ2n) is 4.31. The van der Waals surface area contributed by atoms with Crippen molar-refractivity contribution in [3.63, 3.8) is 0 Å². The molecule has 2 heterocycles. The Bertz CT molecular complexity index is 319. The van der Waals surface area contributed by atoms with E-state index in [4.69, 9.17) is 4.42 Å². The highest BCUT2D eigenvalue weighted by atomic mass is 16.4. The number of nitrogens with zero attached hydrogens (tertiary/aromatic N) is 1. The van der Waals surface area contributed by atoms with Crippen molar-refractivity contribution < 1.29 is 9.21 Å². The standard InChI is InChI=1S/C10H13NO2/c1-10(2)6-11(7-10)9-4-3-8(5-12)13-9/h3-5H,6-7H2,1-2H3. The number of carbonyl (C=O) groups is 1. The van der Waals surface area contributed by atoms with Gasteiger partial charge in [0, 0.05) is 19.2 Å². The lowest BCUT2D eigenvalue weighted by atomic mass is 9.85. The van der Waals surface area contributed by atoms with Crippen LogP contribution in [0.25, 0.3) is 0 Å².